The van der Waals surface area contributed by atoms with Gasteiger partial charge in [-0.1, -0.05) is 43.6 Å². The molecule has 2 aromatic rings. The van der Waals surface area contributed by atoms with Gasteiger partial charge >= 0.3 is 5.97 Å². The van der Waals surface area contributed by atoms with E-state index in [-0.39, 0.29) is 23.6 Å². The summed E-state index contributed by atoms with van der Waals surface area (Å²) >= 11 is 6.41. The highest BCUT2D eigenvalue weighted by Crippen LogP contribution is 2.30. The molecule has 2 heterocycles. The Morgan fingerprint density at radius 3 is 2.74 bits per heavy atom. The zero-order chi connectivity index (χ0) is 19.6. The lowest BCUT2D eigenvalue weighted by molar-refractivity contribution is -0.132. The zero-order valence-corrected chi connectivity index (χ0v) is 16.6. The van der Waals surface area contributed by atoms with Crippen molar-refractivity contribution in [3.05, 3.63) is 35.0 Å². The van der Waals surface area contributed by atoms with Crippen LogP contribution in [0.1, 0.15) is 37.2 Å². The second-order valence-corrected chi connectivity index (χ2v) is 7.57. The van der Waals surface area contributed by atoms with Gasteiger partial charge in [-0.2, -0.15) is 0 Å². The highest BCUT2D eigenvalue weighted by atomic mass is 35.5. The van der Waals surface area contributed by atoms with Gasteiger partial charge in [-0.15, -0.1) is 0 Å². The third-order valence-corrected chi connectivity index (χ3v) is 5.25. The molecule has 2 atom stereocenters. The lowest BCUT2D eigenvalue weighted by atomic mass is 10.1. The number of hydrogen-bond donors (Lipinski definition) is 1. The van der Waals surface area contributed by atoms with Crippen LogP contribution < -0.4 is 5.32 Å². The van der Waals surface area contributed by atoms with Crippen molar-refractivity contribution in [1.29, 1.82) is 0 Å². The summed E-state index contributed by atoms with van der Waals surface area (Å²) in [5.41, 5.74) is 1.08. The van der Waals surface area contributed by atoms with Gasteiger partial charge in [0.1, 0.15) is 5.69 Å². The van der Waals surface area contributed by atoms with Crippen molar-refractivity contribution in [3.8, 4) is 0 Å². The molecule has 0 aliphatic carbocycles. The summed E-state index contributed by atoms with van der Waals surface area (Å²) in [6.45, 7) is 4.83. The van der Waals surface area contributed by atoms with E-state index >= 15 is 0 Å². The lowest BCUT2D eigenvalue weighted by Gasteiger charge is -2.22. The van der Waals surface area contributed by atoms with E-state index in [1.165, 1.54) is 0 Å². The van der Waals surface area contributed by atoms with E-state index < -0.39 is 12.1 Å². The van der Waals surface area contributed by atoms with Crippen LogP contribution in [0.5, 0.6) is 0 Å². The number of nitrogens with zero attached hydrogens (tertiary/aromatic N) is 1. The first kappa shape index (κ1) is 19.7. The average Bonchev–Trinajstić information content (AvgIpc) is 3.25. The van der Waals surface area contributed by atoms with Crippen LogP contribution in [0.4, 0.5) is 0 Å². The maximum absolute atomic E-state index is 12.8. The summed E-state index contributed by atoms with van der Waals surface area (Å²) in [4.78, 5) is 25.4. The van der Waals surface area contributed by atoms with Crippen molar-refractivity contribution < 1.29 is 19.1 Å². The Hall–Kier alpha value is -2.05. The van der Waals surface area contributed by atoms with Crippen LogP contribution in [-0.4, -0.2) is 41.8 Å². The Balaban J connectivity index is 1.74. The lowest BCUT2D eigenvalue weighted by Crippen LogP contribution is -2.43. The highest BCUT2D eigenvalue weighted by Gasteiger charge is 2.30. The smallest absolute Gasteiger partial charge is 0.357 e. The molecule has 0 unspecified atom stereocenters. The third-order valence-electron chi connectivity index (χ3n) is 4.86. The van der Waals surface area contributed by atoms with Crippen LogP contribution in [0.15, 0.2) is 24.3 Å². The molecule has 7 heteroatoms. The monoisotopic (exact) mass is 392 g/mol. The normalized spacial score (nSPS) is 18.0. The number of carbonyl (C=O) groups excluding carboxylic acids is 2. The topological polar surface area (TPSA) is 69.6 Å². The number of fused-ring (bicyclic) bond motifs is 1. The maximum atomic E-state index is 12.8. The van der Waals surface area contributed by atoms with Crippen molar-refractivity contribution in [2.75, 3.05) is 13.2 Å². The summed E-state index contributed by atoms with van der Waals surface area (Å²) in [7, 11) is 1.76. The van der Waals surface area contributed by atoms with Crippen LogP contribution in [0.25, 0.3) is 10.9 Å². The van der Waals surface area contributed by atoms with Crippen molar-refractivity contribution in [1.82, 2.24) is 9.88 Å². The van der Waals surface area contributed by atoms with Crippen LogP contribution >= 0.6 is 11.6 Å². The van der Waals surface area contributed by atoms with Gasteiger partial charge in [-0.05, 0) is 24.8 Å². The largest absolute Gasteiger partial charge is 0.447 e. The molecule has 1 saturated heterocycles. The summed E-state index contributed by atoms with van der Waals surface area (Å²) in [5.74, 6) is -1.10. The second-order valence-electron chi connectivity index (χ2n) is 7.19. The molecule has 27 heavy (non-hydrogen) atoms. The Morgan fingerprint density at radius 2 is 2.11 bits per heavy atom. The van der Waals surface area contributed by atoms with E-state index in [0.29, 0.717) is 11.6 Å². The third kappa shape index (κ3) is 4.12. The summed E-state index contributed by atoms with van der Waals surface area (Å²) < 4.78 is 12.8. The van der Waals surface area contributed by atoms with Crippen molar-refractivity contribution in [2.24, 2.45) is 13.0 Å². The molecule has 0 bridgehead atoms. The molecule has 1 N–H and O–H groups in total. The quantitative estimate of drug-likeness (QED) is 0.766. The molecule has 0 saturated carbocycles. The Labute approximate surface area is 163 Å². The van der Waals surface area contributed by atoms with E-state index in [1.54, 1.807) is 11.6 Å². The molecule has 6 nitrogen and oxygen atoms in total. The fourth-order valence-corrected chi connectivity index (χ4v) is 3.72. The molecule has 0 spiro atoms. The number of carbonyl (C=O) groups is 2. The van der Waals surface area contributed by atoms with E-state index in [9.17, 15) is 9.59 Å². The molecule has 0 radical (unpaired) electrons. The van der Waals surface area contributed by atoms with E-state index in [1.807, 2.05) is 38.1 Å². The highest BCUT2D eigenvalue weighted by molar-refractivity contribution is 6.38. The van der Waals surface area contributed by atoms with Crippen molar-refractivity contribution >= 4 is 34.4 Å². The van der Waals surface area contributed by atoms with Crippen LogP contribution in [0.2, 0.25) is 5.02 Å². The molecule has 1 aromatic heterocycles. The zero-order valence-electron chi connectivity index (χ0n) is 15.8. The average molecular weight is 393 g/mol. The van der Waals surface area contributed by atoms with Crippen molar-refractivity contribution in [3.63, 3.8) is 0 Å². The molecule has 146 valence electrons. The summed E-state index contributed by atoms with van der Waals surface area (Å²) in [6.07, 6.45) is 1.07. The number of halogens is 1. The fourth-order valence-electron chi connectivity index (χ4n) is 3.36. The molecular weight excluding hydrogens is 368 g/mol. The molecule has 1 fully saturated rings. The van der Waals surface area contributed by atoms with Gasteiger partial charge in [0.25, 0.3) is 5.91 Å². The Bertz CT molecular complexity index is 801. The van der Waals surface area contributed by atoms with Crippen LogP contribution in [0, 0.1) is 5.92 Å². The van der Waals surface area contributed by atoms with Crippen molar-refractivity contribution in [2.45, 2.75) is 38.9 Å². The fraction of sp³-hybridized carbons (Fsp3) is 0.500. The number of amides is 1. The number of rotatable bonds is 6. The van der Waals surface area contributed by atoms with E-state index in [4.69, 9.17) is 21.1 Å². The first-order valence-electron chi connectivity index (χ1n) is 9.23. The minimum atomic E-state index is -0.895. The molecule has 3 rings (SSSR count). The Morgan fingerprint density at radius 1 is 1.37 bits per heavy atom. The SMILES string of the molecule is CC(C)[C@H](OC(=O)c1c(Cl)c2ccccc2n1C)C(=O)NC[C@@H]1CCCO1. The summed E-state index contributed by atoms with van der Waals surface area (Å²) in [5, 5.41) is 3.95. The maximum Gasteiger partial charge on any atom is 0.357 e. The second kappa shape index (κ2) is 8.31. The van der Waals surface area contributed by atoms with E-state index in [0.717, 1.165) is 30.4 Å². The number of aryl methyl sites for hydroxylation is 1. The van der Waals surface area contributed by atoms with Gasteiger partial charge in [-0.3, -0.25) is 4.79 Å². The number of ether oxygens (including phenoxy) is 2. The molecule has 1 amide bonds. The van der Waals surface area contributed by atoms with Gasteiger partial charge in [0.2, 0.25) is 0 Å². The first-order chi connectivity index (χ1) is 12.9. The van der Waals surface area contributed by atoms with E-state index in [2.05, 4.69) is 5.32 Å². The van der Waals surface area contributed by atoms with Crippen LogP contribution in [-0.2, 0) is 21.3 Å². The number of nitrogens with one attached hydrogen (secondary N) is 1. The number of esters is 1. The molecule has 1 aliphatic rings. The van der Waals surface area contributed by atoms with Crippen LogP contribution in [0.3, 0.4) is 0 Å². The van der Waals surface area contributed by atoms with Gasteiger partial charge in [0.05, 0.1) is 11.1 Å². The van der Waals surface area contributed by atoms with Gasteiger partial charge in [0.15, 0.2) is 6.10 Å². The number of para-hydroxylation sites is 1. The first-order valence-corrected chi connectivity index (χ1v) is 9.61. The van der Waals surface area contributed by atoms with Gasteiger partial charge < -0.3 is 19.4 Å². The number of benzene rings is 1. The minimum absolute atomic E-state index is 0.0325. The minimum Gasteiger partial charge on any atom is -0.447 e. The summed E-state index contributed by atoms with van der Waals surface area (Å²) in [6, 6.07) is 7.47. The molecule has 1 aliphatic heterocycles. The number of aromatic nitrogens is 1. The molecular formula is C20H25ClN2O4. The van der Waals surface area contributed by atoms with Gasteiger partial charge in [-0.25, -0.2) is 4.79 Å². The predicted octanol–water partition coefficient (Wildman–Crippen LogP) is 3.31. The molecule has 1 aromatic carbocycles. The van der Waals surface area contributed by atoms with Gasteiger partial charge in [0, 0.05) is 31.1 Å². The standard InChI is InChI=1S/C20H25ClN2O4/c1-12(2)18(19(24)22-11-13-7-6-10-26-13)27-20(25)17-16(21)14-8-4-5-9-15(14)23(17)3/h4-5,8-9,12-13,18H,6-7,10-11H2,1-3H3,(H,22,24)/t13-,18-/m0/s1. The Kier molecular flexibility index (Phi) is 6.07. The predicted molar refractivity (Wildman–Crippen MR) is 104 cm³/mol. The number of hydrogen-bond acceptors (Lipinski definition) is 4.